The molecule has 3 aromatic rings. The predicted molar refractivity (Wildman–Crippen MR) is 80.7 cm³/mol. The molecule has 0 fully saturated rings. The number of sulfonamides is 1. The number of aromatic nitrogens is 2. The molecular formula is C13H11N3O3S2. The van der Waals surface area contributed by atoms with Gasteiger partial charge in [0.2, 0.25) is 10.0 Å². The summed E-state index contributed by atoms with van der Waals surface area (Å²) in [6.07, 6.45) is 1.33. The summed E-state index contributed by atoms with van der Waals surface area (Å²) in [5.74, 6) is 0. The van der Waals surface area contributed by atoms with E-state index < -0.39 is 10.0 Å². The molecule has 8 heteroatoms. The first kappa shape index (κ1) is 13.9. The Kier molecular flexibility index (Phi) is 3.58. The van der Waals surface area contributed by atoms with Crippen LogP contribution in [-0.2, 0) is 16.6 Å². The van der Waals surface area contributed by atoms with E-state index in [0.717, 1.165) is 4.88 Å². The average Bonchev–Trinajstić information content (AvgIpc) is 2.91. The summed E-state index contributed by atoms with van der Waals surface area (Å²) in [5, 5.41) is 0.469. The van der Waals surface area contributed by atoms with Gasteiger partial charge in [-0.25, -0.2) is 18.1 Å². The second-order valence-electron chi connectivity index (χ2n) is 4.30. The van der Waals surface area contributed by atoms with Gasteiger partial charge in [0.05, 0.1) is 16.6 Å². The molecule has 0 atom stereocenters. The molecule has 2 N–H and O–H groups in total. The maximum atomic E-state index is 12.1. The zero-order valence-electron chi connectivity index (χ0n) is 10.7. The van der Waals surface area contributed by atoms with Crippen molar-refractivity contribution in [3.8, 4) is 0 Å². The van der Waals surface area contributed by atoms with Gasteiger partial charge < -0.3 is 4.98 Å². The number of benzene rings is 1. The van der Waals surface area contributed by atoms with Gasteiger partial charge in [-0.15, -0.1) is 11.3 Å². The maximum Gasteiger partial charge on any atom is 0.259 e. The van der Waals surface area contributed by atoms with Crippen molar-refractivity contribution in [2.45, 2.75) is 11.4 Å². The lowest BCUT2D eigenvalue weighted by atomic mass is 10.3. The van der Waals surface area contributed by atoms with Crippen LogP contribution >= 0.6 is 11.3 Å². The molecule has 6 nitrogen and oxygen atoms in total. The van der Waals surface area contributed by atoms with Gasteiger partial charge in [0.25, 0.3) is 5.56 Å². The van der Waals surface area contributed by atoms with Crippen molar-refractivity contribution in [1.29, 1.82) is 0 Å². The van der Waals surface area contributed by atoms with E-state index in [1.165, 1.54) is 29.8 Å². The molecule has 3 rings (SSSR count). The third-order valence-electron chi connectivity index (χ3n) is 2.88. The largest absolute Gasteiger partial charge is 0.313 e. The van der Waals surface area contributed by atoms with Gasteiger partial charge in [-0.1, -0.05) is 18.2 Å². The fourth-order valence-corrected chi connectivity index (χ4v) is 3.91. The van der Waals surface area contributed by atoms with Crippen molar-refractivity contribution in [2.24, 2.45) is 0 Å². The summed E-state index contributed by atoms with van der Waals surface area (Å²) in [6.45, 7) is 0.123. The summed E-state index contributed by atoms with van der Waals surface area (Å²) < 4.78 is 26.7. The highest BCUT2D eigenvalue weighted by Gasteiger charge is 2.14. The number of hydrogen-bond acceptors (Lipinski definition) is 5. The van der Waals surface area contributed by atoms with Crippen molar-refractivity contribution < 1.29 is 8.42 Å². The van der Waals surface area contributed by atoms with Gasteiger partial charge in [-0.2, -0.15) is 0 Å². The van der Waals surface area contributed by atoms with Crippen molar-refractivity contribution in [3.63, 3.8) is 0 Å². The van der Waals surface area contributed by atoms with E-state index in [4.69, 9.17) is 0 Å². The molecular weight excluding hydrogens is 310 g/mol. The molecule has 0 aliphatic carbocycles. The van der Waals surface area contributed by atoms with Gasteiger partial charge in [0.15, 0.2) is 0 Å². The Morgan fingerprint density at radius 2 is 2.00 bits per heavy atom. The number of H-pyrrole nitrogens is 1. The Morgan fingerprint density at radius 1 is 1.24 bits per heavy atom. The normalized spacial score (nSPS) is 11.8. The highest BCUT2D eigenvalue weighted by Crippen LogP contribution is 2.20. The number of nitrogens with one attached hydrogen (secondary N) is 2. The van der Waals surface area contributed by atoms with Crippen LogP contribution in [0, 0.1) is 0 Å². The van der Waals surface area contributed by atoms with E-state index in [1.807, 2.05) is 0 Å². The Balaban J connectivity index is 1.84. The number of thiophene rings is 1. The number of hydrogen-bond donors (Lipinski definition) is 2. The van der Waals surface area contributed by atoms with Gasteiger partial charge in [-0.05, 0) is 18.2 Å². The van der Waals surface area contributed by atoms with Crippen molar-refractivity contribution >= 4 is 31.6 Å². The molecule has 0 aliphatic heterocycles. The molecule has 0 amide bonds. The van der Waals surface area contributed by atoms with Crippen LogP contribution in [0.25, 0.3) is 10.2 Å². The quantitative estimate of drug-likeness (QED) is 0.761. The minimum atomic E-state index is -3.56. The van der Waals surface area contributed by atoms with E-state index in [2.05, 4.69) is 14.7 Å². The third kappa shape index (κ3) is 2.87. The second-order valence-corrected chi connectivity index (χ2v) is 7.18. The molecule has 1 aromatic carbocycles. The van der Waals surface area contributed by atoms with Crippen molar-refractivity contribution in [1.82, 2.24) is 14.7 Å². The van der Waals surface area contributed by atoms with Crippen LogP contribution < -0.4 is 10.3 Å². The van der Waals surface area contributed by atoms with Crippen LogP contribution in [0.1, 0.15) is 4.88 Å². The van der Waals surface area contributed by atoms with Gasteiger partial charge in [0, 0.05) is 11.4 Å². The van der Waals surface area contributed by atoms with Gasteiger partial charge in [-0.3, -0.25) is 4.79 Å². The van der Waals surface area contributed by atoms with Crippen LogP contribution in [0.4, 0.5) is 0 Å². The van der Waals surface area contributed by atoms with E-state index >= 15 is 0 Å². The summed E-state index contributed by atoms with van der Waals surface area (Å²) >= 11 is 1.29. The lowest BCUT2D eigenvalue weighted by Crippen LogP contribution is -2.22. The predicted octanol–water partition coefficient (Wildman–Crippen LogP) is 1.46. The standard InChI is InChI=1S/C13H11N3O3S2/c17-12-11-6-9(20-13(11)15-8-14-12)7-16-21(18,19)10-4-2-1-3-5-10/h1-6,8,16H,7H2,(H,14,15,17). The number of nitrogens with zero attached hydrogens (tertiary/aromatic N) is 1. The monoisotopic (exact) mass is 321 g/mol. The first-order valence-electron chi connectivity index (χ1n) is 6.07. The molecule has 0 unspecified atom stereocenters. The highest BCUT2D eigenvalue weighted by molar-refractivity contribution is 7.89. The lowest BCUT2D eigenvalue weighted by Gasteiger charge is -2.04. The van der Waals surface area contributed by atoms with Crippen molar-refractivity contribution in [3.05, 3.63) is 58.0 Å². The molecule has 2 aromatic heterocycles. The number of rotatable bonds is 4. The van der Waals surface area contributed by atoms with E-state index in [0.29, 0.717) is 10.2 Å². The summed E-state index contributed by atoms with van der Waals surface area (Å²) in [5.41, 5.74) is -0.228. The number of fused-ring (bicyclic) bond motifs is 1. The van der Waals surface area contributed by atoms with Gasteiger partial charge >= 0.3 is 0 Å². The molecule has 0 radical (unpaired) electrons. The van der Waals surface area contributed by atoms with Crippen LogP contribution in [-0.4, -0.2) is 18.4 Å². The fraction of sp³-hybridized carbons (Fsp3) is 0.0769. The third-order valence-corrected chi connectivity index (χ3v) is 5.34. The zero-order valence-corrected chi connectivity index (χ0v) is 12.4. The summed E-state index contributed by atoms with van der Waals surface area (Å²) in [6, 6.07) is 9.79. The van der Waals surface area contributed by atoms with E-state index in [9.17, 15) is 13.2 Å². The fourth-order valence-electron chi connectivity index (χ4n) is 1.85. The Morgan fingerprint density at radius 3 is 2.71 bits per heavy atom. The van der Waals surface area contributed by atoms with E-state index in [1.54, 1.807) is 24.3 Å². The number of aromatic amines is 1. The lowest BCUT2D eigenvalue weighted by molar-refractivity contribution is 0.582. The maximum absolute atomic E-state index is 12.1. The minimum absolute atomic E-state index is 0.123. The van der Waals surface area contributed by atoms with Crippen LogP contribution in [0.15, 0.2) is 52.4 Å². The summed E-state index contributed by atoms with van der Waals surface area (Å²) in [4.78, 5) is 19.7. The smallest absolute Gasteiger partial charge is 0.259 e. The topological polar surface area (TPSA) is 91.9 Å². The molecule has 0 saturated heterocycles. The Hall–Kier alpha value is -2.03. The summed E-state index contributed by atoms with van der Waals surface area (Å²) in [7, 11) is -3.56. The molecule has 2 heterocycles. The molecule has 21 heavy (non-hydrogen) atoms. The molecule has 108 valence electrons. The highest BCUT2D eigenvalue weighted by atomic mass is 32.2. The SMILES string of the molecule is O=c1[nH]cnc2sc(CNS(=O)(=O)c3ccccc3)cc12. The molecule has 0 saturated carbocycles. The first-order valence-corrected chi connectivity index (χ1v) is 8.37. The second kappa shape index (κ2) is 5.40. The molecule has 0 spiro atoms. The Labute approximate surface area is 124 Å². The van der Waals surface area contributed by atoms with Gasteiger partial charge in [0.1, 0.15) is 4.83 Å². The molecule has 0 aliphatic rings. The average molecular weight is 321 g/mol. The van der Waals surface area contributed by atoms with E-state index in [-0.39, 0.29) is 17.0 Å². The zero-order chi connectivity index (χ0) is 14.9. The van der Waals surface area contributed by atoms with Crippen LogP contribution in [0.2, 0.25) is 0 Å². The first-order chi connectivity index (χ1) is 10.1. The minimum Gasteiger partial charge on any atom is -0.313 e. The Bertz CT molecular complexity index is 930. The van der Waals surface area contributed by atoms with Crippen LogP contribution in [0.5, 0.6) is 0 Å². The van der Waals surface area contributed by atoms with Crippen molar-refractivity contribution in [2.75, 3.05) is 0 Å². The molecule has 0 bridgehead atoms. The van der Waals surface area contributed by atoms with Crippen LogP contribution in [0.3, 0.4) is 0 Å².